The van der Waals surface area contributed by atoms with E-state index in [0.29, 0.717) is 12.0 Å². The molecule has 1 fully saturated rings. The highest BCUT2D eigenvalue weighted by molar-refractivity contribution is 6.30. The second-order valence-corrected chi connectivity index (χ2v) is 6.28. The van der Waals surface area contributed by atoms with Crippen molar-refractivity contribution in [3.8, 4) is 5.75 Å². The van der Waals surface area contributed by atoms with Gasteiger partial charge in [0.1, 0.15) is 5.75 Å². The second kappa shape index (κ2) is 5.92. The smallest absolute Gasteiger partial charge is 0.127 e. The van der Waals surface area contributed by atoms with Gasteiger partial charge in [-0.1, -0.05) is 11.6 Å². The van der Waals surface area contributed by atoms with Crippen molar-refractivity contribution in [1.29, 1.82) is 0 Å². The topological polar surface area (TPSA) is 44.5 Å². The first-order valence-electron chi connectivity index (χ1n) is 7.49. The van der Waals surface area contributed by atoms with Crippen molar-refractivity contribution >= 4 is 11.6 Å². The lowest BCUT2D eigenvalue weighted by Gasteiger charge is -2.36. The Labute approximate surface area is 125 Å². The summed E-state index contributed by atoms with van der Waals surface area (Å²) in [7, 11) is 0. The normalized spacial score (nSPS) is 25.8. The minimum Gasteiger partial charge on any atom is -0.493 e. The Morgan fingerprint density at radius 2 is 2.25 bits per heavy atom. The maximum atomic E-state index is 6.39. The van der Waals surface area contributed by atoms with Crippen LogP contribution in [0.4, 0.5) is 0 Å². The molecule has 1 heterocycles. The molecular formula is C16H22ClNO2. The molecule has 1 atom stereocenters. The van der Waals surface area contributed by atoms with E-state index in [4.69, 9.17) is 26.8 Å². The Bertz CT molecular complexity index is 486. The molecule has 1 aromatic carbocycles. The van der Waals surface area contributed by atoms with Gasteiger partial charge in [0.15, 0.2) is 0 Å². The Balaban J connectivity index is 1.65. The van der Waals surface area contributed by atoms with Gasteiger partial charge in [-0.05, 0) is 49.8 Å². The number of halogens is 1. The first-order valence-corrected chi connectivity index (χ1v) is 7.87. The second-order valence-electron chi connectivity index (χ2n) is 5.84. The predicted molar refractivity (Wildman–Crippen MR) is 80.3 cm³/mol. The van der Waals surface area contributed by atoms with E-state index >= 15 is 0 Å². The van der Waals surface area contributed by atoms with Crippen molar-refractivity contribution < 1.29 is 9.47 Å². The molecule has 1 aliphatic carbocycles. The van der Waals surface area contributed by atoms with Gasteiger partial charge in [-0.25, -0.2) is 0 Å². The zero-order valence-electron chi connectivity index (χ0n) is 11.9. The van der Waals surface area contributed by atoms with Gasteiger partial charge in [-0.2, -0.15) is 0 Å². The third-order valence-corrected chi connectivity index (χ3v) is 4.58. The zero-order chi connectivity index (χ0) is 14.1. The van der Waals surface area contributed by atoms with E-state index in [1.54, 1.807) is 0 Å². The summed E-state index contributed by atoms with van der Waals surface area (Å²) in [4.78, 5) is 0. The highest BCUT2D eigenvalue weighted by Crippen LogP contribution is 2.41. The predicted octanol–water partition coefficient (Wildman–Crippen LogP) is 3.48. The SMILES string of the molecule is CCOC1CC(CC(N)c2cc(Cl)cc3c2OCC3)C1. The van der Waals surface area contributed by atoms with Gasteiger partial charge in [0, 0.05) is 29.7 Å². The summed E-state index contributed by atoms with van der Waals surface area (Å²) >= 11 is 6.19. The lowest BCUT2D eigenvalue weighted by molar-refractivity contribution is -0.0282. The molecular weight excluding hydrogens is 274 g/mol. The van der Waals surface area contributed by atoms with Crippen LogP contribution in [0.1, 0.15) is 43.4 Å². The molecule has 110 valence electrons. The molecule has 0 amide bonds. The first kappa shape index (κ1) is 14.2. The number of nitrogens with two attached hydrogens (primary N) is 1. The Hall–Kier alpha value is -0.770. The van der Waals surface area contributed by atoms with E-state index in [1.807, 2.05) is 19.1 Å². The van der Waals surface area contributed by atoms with Gasteiger partial charge in [0.25, 0.3) is 0 Å². The van der Waals surface area contributed by atoms with E-state index in [9.17, 15) is 0 Å². The van der Waals surface area contributed by atoms with Crippen molar-refractivity contribution in [2.75, 3.05) is 13.2 Å². The van der Waals surface area contributed by atoms with E-state index in [0.717, 1.165) is 55.2 Å². The summed E-state index contributed by atoms with van der Waals surface area (Å²) < 4.78 is 11.3. The Kier molecular flexibility index (Phi) is 4.20. The summed E-state index contributed by atoms with van der Waals surface area (Å²) in [5.41, 5.74) is 8.66. The monoisotopic (exact) mass is 295 g/mol. The van der Waals surface area contributed by atoms with Crippen molar-refractivity contribution in [3.05, 3.63) is 28.3 Å². The lowest BCUT2D eigenvalue weighted by atomic mass is 9.77. The molecule has 20 heavy (non-hydrogen) atoms. The average Bonchev–Trinajstić information content (AvgIpc) is 2.83. The number of rotatable bonds is 5. The van der Waals surface area contributed by atoms with Crippen LogP contribution in [-0.2, 0) is 11.2 Å². The molecule has 4 heteroatoms. The van der Waals surface area contributed by atoms with Crippen molar-refractivity contribution in [3.63, 3.8) is 0 Å². The number of ether oxygens (including phenoxy) is 2. The van der Waals surface area contributed by atoms with Crippen molar-refractivity contribution in [2.24, 2.45) is 11.7 Å². The number of benzene rings is 1. The van der Waals surface area contributed by atoms with Crippen LogP contribution in [-0.4, -0.2) is 19.3 Å². The van der Waals surface area contributed by atoms with Crippen LogP contribution in [0.2, 0.25) is 5.02 Å². The zero-order valence-corrected chi connectivity index (χ0v) is 12.7. The maximum absolute atomic E-state index is 6.39. The summed E-state index contributed by atoms with van der Waals surface area (Å²) in [5.74, 6) is 1.64. The van der Waals surface area contributed by atoms with Crippen molar-refractivity contribution in [2.45, 2.75) is 44.8 Å². The van der Waals surface area contributed by atoms with Gasteiger partial charge in [0.2, 0.25) is 0 Å². The third-order valence-electron chi connectivity index (χ3n) is 4.36. The fraction of sp³-hybridized carbons (Fsp3) is 0.625. The van der Waals surface area contributed by atoms with Gasteiger partial charge < -0.3 is 15.2 Å². The average molecular weight is 296 g/mol. The quantitative estimate of drug-likeness (QED) is 0.904. The van der Waals surface area contributed by atoms with Crippen LogP contribution in [0.3, 0.4) is 0 Å². The molecule has 0 bridgehead atoms. The Morgan fingerprint density at radius 1 is 1.45 bits per heavy atom. The van der Waals surface area contributed by atoms with Gasteiger partial charge in [-0.3, -0.25) is 0 Å². The molecule has 1 aliphatic heterocycles. The highest BCUT2D eigenvalue weighted by Gasteiger charge is 2.32. The van der Waals surface area contributed by atoms with Gasteiger partial charge in [0.05, 0.1) is 12.7 Å². The largest absolute Gasteiger partial charge is 0.493 e. The lowest BCUT2D eigenvalue weighted by Crippen LogP contribution is -2.33. The molecule has 0 saturated heterocycles. The molecule has 0 aromatic heterocycles. The van der Waals surface area contributed by atoms with Crippen LogP contribution in [0.15, 0.2) is 12.1 Å². The standard InChI is InChI=1S/C16H22ClNO2/c1-2-19-13-5-10(6-13)7-15(18)14-9-12(17)8-11-3-4-20-16(11)14/h8-10,13,15H,2-7,18H2,1H3. The fourth-order valence-electron chi connectivity index (χ4n) is 3.30. The molecule has 0 radical (unpaired) electrons. The minimum atomic E-state index is 0.00752. The maximum Gasteiger partial charge on any atom is 0.127 e. The van der Waals surface area contributed by atoms with E-state index in [-0.39, 0.29) is 6.04 Å². The summed E-state index contributed by atoms with van der Waals surface area (Å²) in [6, 6.07) is 3.97. The van der Waals surface area contributed by atoms with Gasteiger partial charge in [-0.15, -0.1) is 0 Å². The summed E-state index contributed by atoms with van der Waals surface area (Å²) in [5, 5.41) is 0.764. The molecule has 2 aliphatic rings. The third kappa shape index (κ3) is 2.80. The fourth-order valence-corrected chi connectivity index (χ4v) is 3.55. The molecule has 1 aromatic rings. The van der Waals surface area contributed by atoms with Crippen LogP contribution in [0, 0.1) is 5.92 Å². The van der Waals surface area contributed by atoms with Crippen molar-refractivity contribution in [1.82, 2.24) is 0 Å². The first-order chi connectivity index (χ1) is 9.67. The van der Waals surface area contributed by atoms with Gasteiger partial charge >= 0.3 is 0 Å². The summed E-state index contributed by atoms with van der Waals surface area (Å²) in [6.07, 6.45) is 4.63. The summed E-state index contributed by atoms with van der Waals surface area (Å²) in [6.45, 7) is 3.59. The van der Waals surface area contributed by atoms with E-state index in [1.165, 1.54) is 5.56 Å². The molecule has 1 saturated carbocycles. The number of hydrogen-bond donors (Lipinski definition) is 1. The number of hydrogen-bond acceptors (Lipinski definition) is 3. The molecule has 2 N–H and O–H groups in total. The van der Waals surface area contributed by atoms with Crippen LogP contribution < -0.4 is 10.5 Å². The van der Waals surface area contributed by atoms with E-state index < -0.39 is 0 Å². The molecule has 3 nitrogen and oxygen atoms in total. The van der Waals surface area contributed by atoms with Crippen LogP contribution >= 0.6 is 11.6 Å². The van der Waals surface area contributed by atoms with Crippen LogP contribution in [0.25, 0.3) is 0 Å². The number of fused-ring (bicyclic) bond motifs is 1. The Morgan fingerprint density at radius 3 is 3.00 bits per heavy atom. The molecule has 0 spiro atoms. The van der Waals surface area contributed by atoms with E-state index in [2.05, 4.69) is 0 Å². The highest BCUT2D eigenvalue weighted by atomic mass is 35.5. The minimum absolute atomic E-state index is 0.00752. The molecule has 3 rings (SSSR count). The molecule has 1 unspecified atom stereocenters. The van der Waals surface area contributed by atoms with Crippen LogP contribution in [0.5, 0.6) is 5.75 Å².